The van der Waals surface area contributed by atoms with Gasteiger partial charge in [-0.1, -0.05) is 6.07 Å². The van der Waals surface area contributed by atoms with Crippen molar-refractivity contribution in [2.45, 2.75) is 6.42 Å². The average Bonchev–Trinajstić information content (AvgIpc) is 2.34. The molecule has 1 amide bonds. The summed E-state index contributed by atoms with van der Waals surface area (Å²) in [7, 11) is 3.55. The Morgan fingerprint density at radius 1 is 1.50 bits per heavy atom. The van der Waals surface area contributed by atoms with E-state index in [0.29, 0.717) is 18.8 Å². The van der Waals surface area contributed by atoms with Gasteiger partial charge in [0.05, 0.1) is 13.2 Å². The summed E-state index contributed by atoms with van der Waals surface area (Å²) >= 11 is 0. The topological polar surface area (TPSA) is 67.6 Å². The molecule has 0 atom stereocenters. The molecule has 0 heterocycles. The van der Waals surface area contributed by atoms with Gasteiger partial charge in [0.1, 0.15) is 5.75 Å². The molecule has 0 fully saturated rings. The first-order valence-corrected chi connectivity index (χ1v) is 5.99. The number of nitrogen functional groups attached to an aromatic ring is 1. The highest BCUT2D eigenvalue weighted by Crippen LogP contribution is 2.14. The molecule has 0 aromatic heterocycles. The van der Waals surface area contributed by atoms with Gasteiger partial charge >= 0.3 is 0 Å². The number of carbonyl (C=O) groups is 1. The van der Waals surface area contributed by atoms with Crippen molar-refractivity contribution in [3.8, 4) is 5.75 Å². The van der Waals surface area contributed by atoms with Crippen LogP contribution in [-0.2, 0) is 4.79 Å². The van der Waals surface area contributed by atoms with Crippen molar-refractivity contribution < 1.29 is 9.53 Å². The second-order valence-electron chi connectivity index (χ2n) is 4.19. The molecule has 18 heavy (non-hydrogen) atoms. The van der Waals surface area contributed by atoms with E-state index in [0.717, 1.165) is 18.7 Å². The number of rotatable bonds is 7. The predicted molar refractivity (Wildman–Crippen MR) is 72.5 cm³/mol. The number of likely N-dealkylation sites (N-methyl/N-ethyl adjacent to an activating group) is 2. The minimum absolute atomic E-state index is 0.0225. The summed E-state index contributed by atoms with van der Waals surface area (Å²) in [5.41, 5.74) is 6.35. The van der Waals surface area contributed by atoms with Crippen LogP contribution >= 0.6 is 0 Å². The zero-order valence-electron chi connectivity index (χ0n) is 11.0. The summed E-state index contributed by atoms with van der Waals surface area (Å²) < 4.78 is 5.56. The highest BCUT2D eigenvalue weighted by Gasteiger charge is 2.03. The predicted octanol–water partition coefficient (Wildman–Crippen LogP) is 0.715. The first kappa shape index (κ1) is 14.3. The number of nitrogens with zero attached hydrogens (tertiary/aromatic N) is 1. The maximum Gasteiger partial charge on any atom is 0.233 e. The van der Waals surface area contributed by atoms with Gasteiger partial charge in [0.25, 0.3) is 0 Å². The second kappa shape index (κ2) is 7.55. The van der Waals surface area contributed by atoms with E-state index >= 15 is 0 Å². The summed E-state index contributed by atoms with van der Waals surface area (Å²) in [6, 6.07) is 7.37. The van der Waals surface area contributed by atoms with Gasteiger partial charge < -0.3 is 15.8 Å². The Hall–Kier alpha value is -1.75. The lowest BCUT2D eigenvalue weighted by atomic mass is 10.3. The van der Waals surface area contributed by atoms with Gasteiger partial charge in [0.15, 0.2) is 0 Å². The molecular weight excluding hydrogens is 230 g/mol. The van der Waals surface area contributed by atoms with E-state index in [2.05, 4.69) is 5.32 Å². The van der Waals surface area contributed by atoms with Crippen LogP contribution in [0.3, 0.4) is 0 Å². The zero-order chi connectivity index (χ0) is 13.4. The molecule has 0 saturated heterocycles. The Morgan fingerprint density at radius 3 is 2.94 bits per heavy atom. The van der Waals surface area contributed by atoms with Gasteiger partial charge in [-0.2, -0.15) is 0 Å². The van der Waals surface area contributed by atoms with Crippen LogP contribution in [-0.4, -0.2) is 44.6 Å². The van der Waals surface area contributed by atoms with Crippen LogP contribution in [0.15, 0.2) is 24.3 Å². The third kappa shape index (κ3) is 5.54. The molecule has 1 rings (SSSR count). The van der Waals surface area contributed by atoms with E-state index < -0.39 is 0 Å². The van der Waals surface area contributed by atoms with Gasteiger partial charge in [-0.25, -0.2) is 0 Å². The Labute approximate surface area is 108 Å². The van der Waals surface area contributed by atoms with Crippen LogP contribution in [0.2, 0.25) is 0 Å². The molecule has 0 unspecified atom stereocenters. The summed E-state index contributed by atoms with van der Waals surface area (Å²) in [5, 5.41) is 2.59. The third-order valence-corrected chi connectivity index (χ3v) is 2.50. The van der Waals surface area contributed by atoms with Crippen molar-refractivity contribution in [1.29, 1.82) is 0 Å². The molecule has 0 bridgehead atoms. The molecule has 1 aromatic carbocycles. The summed E-state index contributed by atoms with van der Waals surface area (Å²) in [6.07, 6.45) is 0.863. The van der Waals surface area contributed by atoms with Crippen LogP contribution < -0.4 is 15.8 Å². The molecule has 5 heteroatoms. The fourth-order valence-corrected chi connectivity index (χ4v) is 1.53. The van der Waals surface area contributed by atoms with E-state index in [9.17, 15) is 4.79 Å². The number of benzene rings is 1. The van der Waals surface area contributed by atoms with Crippen molar-refractivity contribution in [3.05, 3.63) is 24.3 Å². The lowest BCUT2D eigenvalue weighted by molar-refractivity contribution is -0.121. The monoisotopic (exact) mass is 251 g/mol. The fourth-order valence-electron chi connectivity index (χ4n) is 1.53. The van der Waals surface area contributed by atoms with Crippen LogP contribution in [0.1, 0.15) is 6.42 Å². The number of nitrogens with one attached hydrogen (secondary N) is 1. The molecule has 0 aliphatic carbocycles. The Kier molecular flexibility index (Phi) is 6.00. The molecule has 0 radical (unpaired) electrons. The largest absolute Gasteiger partial charge is 0.493 e. The molecule has 0 saturated carbocycles. The number of ether oxygens (including phenoxy) is 1. The summed E-state index contributed by atoms with van der Waals surface area (Å²) in [4.78, 5) is 13.1. The maximum atomic E-state index is 11.1. The fraction of sp³-hybridized carbons (Fsp3) is 0.462. The Balaban J connectivity index is 2.17. The molecule has 0 spiro atoms. The van der Waals surface area contributed by atoms with Gasteiger partial charge in [0.2, 0.25) is 5.91 Å². The minimum Gasteiger partial charge on any atom is -0.493 e. The zero-order valence-corrected chi connectivity index (χ0v) is 11.0. The maximum absolute atomic E-state index is 11.1. The molecule has 0 aliphatic rings. The minimum atomic E-state index is 0.0225. The smallest absolute Gasteiger partial charge is 0.233 e. The molecule has 3 N–H and O–H groups in total. The van der Waals surface area contributed by atoms with Crippen LogP contribution in [0, 0.1) is 0 Å². The summed E-state index contributed by atoms with van der Waals surface area (Å²) in [6.45, 7) is 1.84. The van der Waals surface area contributed by atoms with E-state index in [1.165, 1.54) is 0 Å². The van der Waals surface area contributed by atoms with E-state index in [-0.39, 0.29) is 5.91 Å². The van der Waals surface area contributed by atoms with Gasteiger partial charge in [-0.3, -0.25) is 9.69 Å². The quantitative estimate of drug-likeness (QED) is 0.553. The van der Waals surface area contributed by atoms with E-state index in [4.69, 9.17) is 10.5 Å². The van der Waals surface area contributed by atoms with Crippen LogP contribution in [0.5, 0.6) is 5.75 Å². The van der Waals surface area contributed by atoms with Crippen molar-refractivity contribution in [2.75, 3.05) is 39.5 Å². The van der Waals surface area contributed by atoms with Gasteiger partial charge in [-0.15, -0.1) is 0 Å². The number of amides is 1. The summed E-state index contributed by atoms with van der Waals surface area (Å²) in [5.74, 6) is 0.804. The SMILES string of the molecule is CNC(=O)CN(C)CCCOc1cccc(N)c1. The first-order chi connectivity index (χ1) is 8.61. The van der Waals surface area contributed by atoms with Crippen molar-refractivity contribution in [1.82, 2.24) is 10.2 Å². The van der Waals surface area contributed by atoms with Crippen LogP contribution in [0.25, 0.3) is 0 Å². The van der Waals surface area contributed by atoms with Gasteiger partial charge in [-0.05, 0) is 25.6 Å². The number of nitrogens with two attached hydrogens (primary N) is 1. The lowest BCUT2D eigenvalue weighted by Crippen LogP contribution is -2.33. The number of hydrogen-bond acceptors (Lipinski definition) is 4. The van der Waals surface area contributed by atoms with Gasteiger partial charge in [0, 0.05) is 25.3 Å². The molecule has 5 nitrogen and oxygen atoms in total. The van der Waals surface area contributed by atoms with E-state index in [1.807, 2.05) is 30.1 Å². The van der Waals surface area contributed by atoms with Crippen molar-refractivity contribution >= 4 is 11.6 Å². The number of hydrogen-bond donors (Lipinski definition) is 2. The van der Waals surface area contributed by atoms with E-state index in [1.54, 1.807) is 13.1 Å². The third-order valence-electron chi connectivity index (χ3n) is 2.50. The second-order valence-corrected chi connectivity index (χ2v) is 4.19. The Morgan fingerprint density at radius 2 is 2.28 bits per heavy atom. The van der Waals surface area contributed by atoms with Crippen LogP contribution in [0.4, 0.5) is 5.69 Å². The molecule has 1 aromatic rings. The number of carbonyl (C=O) groups excluding carboxylic acids is 1. The standard InChI is InChI=1S/C13H21N3O2/c1-15-13(17)10-16(2)7-4-8-18-12-6-3-5-11(14)9-12/h3,5-6,9H,4,7-8,10,14H2,1-2H3,(H,15,17). The lowest BCUT2D eigenvalue weighted by Gasteiger charge is -2.15. The average molecular weight is 251 g/mol. The normalized spacial score (nSPS) is 10.4. The first-order valence-electron chi connectivity index (χ1n) is 5.99. The molecular formula is C13H21N3O2. The van der Waals surface area contributed by atoms with Crippen molar-refractivity contribution in [2.24, 2.45) is 0 Å². The number of anilines is 1. The van der Waals surface area contributed by atoms with Crippen molar-refractivity contribution in [3.63, 3.8) is 0 Å². The Bertz CT molecular complexity index is 382. The molecule has 100 valence electrons. The molecule has 0 aliphatic heterocycles. The highest BCUT2D eigenvalue weighted by molar-refractivity contribution is 5.77. The highest BCUT2D eigenvalue weighted by atomic mass is 16.5.